The van der Waals surface area contributed by atoms with Crippen molar-refractivity contribution in [1.29, 1.82) is 0 Å². The third kappa shape index (κ3) is 9.71. The molecule has 0 aliphatic heterocycles. The number of aliphatic hydroxyl groups excluding tert-OH is 1. The summed E-state index contributed by atoms with van der Waals surface area (Å²) in [6, 6.07) is 0. The van der Waals surface area contributed by atoms with E-state index in [0.717, 1.165) is 0 Å². The molecule has 0 saturated carbocycles. The molecule has 5 heteroatoms. The molecular formula is C6H12F3NO. The molecule has 0 aromatic carbocycles. The fourth-order valence-electron chi connectivity index (χ4n) is 0.592. The van der Waals surface area contributed by atoms with Crippen LogP contribution in [0.1, 0.15) is 12.8 Å². The molecule has 68 valence electrons. The van der Waals surface area contributed by atoms with Gasteiger partial charge in [0.1, 0.15) is 0 Å². The summed E-state index contributed by atoms with van der Waals surface area (Å²) < 4.78 is 34.4. The van der Waals surface area contributed by atoms with Gasteiger partial charge in [-0.05, 0) is 19.4 Å². The molecule has 0 saturated heterocycles. The van der Waals surface area contributed by atoms with Crippen LogP contribution in [-0.2, 0) is 0 Å². The van der Waals surface area contributed by atoms with Crippen LogP contribution in [0.5, 0.6) is 0 Å². The molecule has 0 spiro atoms. The predicted octanol–water partition coefficient (Wildman–Crippen LogP) is 0.911. The van der Waals surface area contributed by atoms with E-state index in [9.17, 15) is 13.2 Å². The van der Waals surface area contributed by atoms with Crippen LogP contribution in [0.15, 0.2) is 0 Å². The molecule has 0 aromatic rings. The maximum Gasteiger partial charge on any atom is 0.401 e. The molecule has 11 heavy (non-hydrogen) atoms. The smallest absolute Gasteiger partial charge is 0.396 e. The predicted molar refractivity (Wildman–Crippen MR) is 35.2 cm³/mol. The molecule has 0 aromatic heterocycles. The monoisotopic (exact) mass is 171 g/mol. The first-order valence-electron chi connectivity index (χ1n) is 3.44. The van der Waals surface area contributed by atoms with E-state index in [4.69, 9.17) is 5.11 Å². The lowest BCUT2D eigenvalue weighted by atomic mass is 10.3. The first-order chi connectivity index (χ1) is 5.06. The number of unbranched alkanes of at least 4 members (excludes halogenated alkanes) is 1. The number of aliphatic hydroxyl groups is 1. The highest BCUT2D eigenvalue weighted by atomic mass is 19.4. The first kappa shape index (κ1) is 10.7. The van der Waals surface area contributed by atoms with Crippen LogP contribution in [0, 0.1) is 0 Å². The van der Waals surface area contributed by atoms with Gasteiger partial charge >= 0.3 is 6.18 Å². The Bertz CT molecular complexity index is 94.3. The standard InChI is InChI=1S/C6H12F3NO/c7-6(8,9)5-10-3-1-2-4-11/h10-11H,1-5H2. The van der Waals surface area contributed by atoms with Gasteiger partial charge in [-0.2, -0.15) is 13.2 Å². The number of rotatable bonds is 5. The molecule has 0 amide bonds. The van der Waals surface area contributed by atoms with Crippen molar-refractivity contribution >= 4 is 0 Å². The summed E-state index contributed by atoms with van der Waals surface area (Å²) in [6.07, 6.45) is -3.00. The number of hydrogen-bond donors (Lipinski definition) is 2. The minimum Gasteiger partial charge on any atom is -0.396 e. The van der Waals surface area contributed by atoms with Gasteiger partial charge in [-0.25, -0.2) is 0 Å². The Morgan fingerprint density at radius 3 is 2.27 bits per heavy atom. The summed E-state index contributed by atoms with van der Waals surface area (Å²) in [7, 11) is 0. The molecule has 0 bridgehead atoms. The molecule has 0 rings (SSSR count). The van der Waals surface area contributed by atoms with Crippen LogP contribution >= 0.6 is 0 Å². The van der Waals surface area contributed by atoms with Gasteiger partial charge in [0, 0.05) is 6.61 Å². The van der Waals surface area contributed by atoms with Crippen LogP contribution in [0.25, 0.3) is 0 Å². The largest absolute Gasteiger partial charge is 0.401 e. The van der Waals surface area contributed by atoms with Crippen LogP contribution in [0.3, 0.4) is 0 Å². The Balaban J connectivity index is 3.02. The van der Waals surface area contributed by atoms with Crippen molar-refractivity contribution in [2.75, 3.05) is 19.7 Å². The lowest BCUT2D eigenvalue weighted by molar-refractivity contribution is -0.124. The molecule has 0 aliphatic rings. The van der Waals surface area contributed by atoms with E-state index < -0.39 is 12.7 Å². The van der Waals surface area contributed by atoms with E-state index in [1.165, 1.54) is 0 Å². The van der Waals surface area contributed by atoms with Crippen LogP contribution in [0.4, 0.5) is 13.2 Å². The van der Waals surface area contributed by atoms with Gasteiger partial charge in [0.25, 0.3) is 0 Å². The number of halogens is 3. The first-order valence-corrected chi connectivity index (χ1v) is 3.44. The van der Waals surface area contributed by atoms with Crippen molar-refractivity contribution in [3.8, 4) is 0 Å². The SMILES string of the molecule is OCCCCNCC(F)(F)F. The quantitative estimate of drug-likeness (QED) is 0.602. The molecule has 0 atom stereocenters. The van der Waals surface area contributed by atoms with E-state index in [-0.39, 0.29) is 6.61 Å². The molecule has 2 nitrogen and oxygen atoms in total. The molecule has 0 radical (unpaired) electrons. The average Bonchev–Trinajstić information content (AvgIpc) is 1.85. The number of alkyl halides is 3. The van der Waals surface area contributed by atoms with Crippen molar-refractivity contribution in [2.45, 2.75) is 19.0 Å². The molecule has 0 heterocycles. The third-order valence-corrected chi connectivity index (χ3v) is 1.09. The Morgan fingerprint density at radius 1 is 1.18 bits per heavy atom. The zero-order chi connectivity index (χ0) is 8.74. The molecule has 0 unspecified atom stereocenters. The fraction of sp³-hybridized carbons (Fsp3) is 1.00. The van der Waals surface area contributed by atoms with Crippen molar-refractivity contribution in [3.63, 3.8) is 0 Å². The topological polar surface area (TPSA) is 32.3 Å². The second-order valence-corrected chi connectivity index (χ2v) is 2.22. The highest BCUT2D eigenvalue weighted by Crippen LogP contribution is 2.11. The lowest BCUT2D eigenvalue weighted by Crippen LogP contribution is -2.29. The van der Waals surface area contributed by atoms with E-state index in [1.807, 2.05) is 0 Å². The second-order valence-electron chi connectivity index (χ2n) is 2.22. The van der Waals surface area contributed by atoms with Crippen molar-refractivity contribution < 1.29 is 18.3 Å². The Morgan fingerprint density at radius 2 is 1.82 bits per heavy atom. The minimum atomic E-state index is -4.13. The summed E-state index contributed by atoms with van der Waals surface area (Å²) in [5, 5.41) is 10.5. The van der Waals surface area contributed by atoms with E-state index in [0.29, 0.717) is 19.4 Å². The summed E-state index contributed by atoms with van der Waals surface area (Å²) in [5.41, 5.74) is 0. The summed E-state index contributed by atoms with van der Waals surface area (Å²) in [4.78, 5) is 0. The highest BCUT2D eigenvalue weighted by molar-refractivity contribution is 4.55. The molecule has 0 fully saturated rings. The van der Waals surface area contributed by atoms with Crippen molar-refractivity contribution in [1.82, 2.24) is 5.32 Å². The normalized spacial score (nSPS) is 12.0. The maximum atomic E-state index is 11.5. The van der Waals surface area contributed by atoms with Gasteiger partial charge in [-0.1, -0.05) is 0 Å². The summed E-state index contributed by atoms with van der Waals surface area (Å²) >= 11 is 0. The average molecular weight is 171 g/mol. The van der Waals surface area contributed by atoms with E-state index >= 15 is 0 Å². The second kappa shape index (κ2) is 5.37. The van der Waals surface area contributed by atoms with Crippen molar-refractivity contribution in [2.24, 2.45) is 0 Å². The highest BCUT2D eigenvalue weighted by Gasteiger charge is 2.25. The third-order valence-electron chi connectivity index (χ3n) is 1.09. The Kier molecular flexibility index (Phi) is 5.23. The fourth-order valence-corrected chi connectivity index (χ4v) is 0.592. The van der Waals surface area contributed by atoms with E-state index in [2.05, 4.69) is 5.32 Å². The van der Waals surface area contributed by atoms with Gasteiger partial charge in [0.15, 0.2) is 0 Å². The maximum absolute atomic E-state index is 11.5. The van der Waals surface area contributed by atoms with Gasteiger partial charge in [-0.3, -0.25) is 0 Å². The minimum absolute atomic E-state index is 0.0354. The van der Waals surface area contributed by atoms with Crippen LogP contribution in [0.2, 0.25) is 0 Å². The van der Waals surface area contributed by atoms with Crippen molar-refractivity contribution in [3.05, 3.63) is 0 Å². The summed E-state index contributed by atoms with van der Waals surface area (Å²) in [6.45, 7) is -0.605. The zero-order valence-electron chi connectivity index (χ0n) is 6.12. The Labute approximate surface area is 63.4 Å². The van der Waals surface area contributed by atoms with E-state index in [1.54, 1.807) is 0 Å². The molecule has 2 N–H and O–H groups in total. The van der Waals surface area contributed by atoms with Gasteiger partial charge < -0.3 is 10.4 Å². The van der Waals surface area contributed by atoms with Gasteiger partial charge in [0.2, 0.25) is 0 Å². The van der Waals surface area contributed by atoms with Crippen LogP contribution < -0.4 is 5.32 Å². The number of nitrogens with one attached hydrogen (secondary N) is 1. The molecular weight excluding hydrogens is 159 g/mol. The lowest BCUT2D eigenvalue weighted by Gasteiger charge is -2.06. The zero-order valence-corrected chi connectivity index (χ0v) is 6.12. The van der Waals surface area contributed by atoms with Gasteiger partial charge in [0.05, 0.1) is 6.54 Å². The molecule has 0 aliphatic carbocycles. The number of hydrogen-bond acceptors (Lipinski definition) is 2. The van der Waals surface area contributed by atoms with Crippen LogP contribution in [-0.4, -0.2) is 31.0 Å². The summed E-state index contributed by atoms with van der Waals surface area (Å²) in [5.74, 6) is 0. The van der Waals surface area contributed by atoms with Gasteiger partial charge in [-0.15, -0.1) is 0 Å². The Hall–Kier alpha value is -0.290.